The van der Waals surface area contributed by atoms with Crippen molar-refractivity contribution in [1.29, 1.82) is 0 Å². The van der Waals surface area contributed by atoms with Crippen molar-refractivity contribution in [1.82, 2.24) is 18.8 Å². The van der Waals surface area contributed by atoms with Crippen molar-refractivity contribution in [2.75, 3.05) is 12.4 Å². The lowest BCUT2D eigenvalue weighted by Crippen LogP contribution is -2.56. The molecule has 0 bridgehead atoms. The molecule has 2 aromatic rings. The Morgan fingerprint density at radius 2 is 1.96 bits per heavy atom. The Bertz CT molecular complexity index is 968. The van der Waals surface area contributed by atoms with E-state index in [0.717, 1.165) is 21.1 Å². The van der Waals surface area contributed by atoms with Crippen LogP contribution in [0.2, 0.25) is 0 Å². The first-order chi connectivity index (χ1) is 13.1. The highest BCUT2D eigenvalue weighted by atomic mass is 32.2. The largest absolute Gasteiger partial charge is 0.389 e. The number of nitrogens with one attached hydrogen (secondary N) is 2. The van der Waals surface area contributed by atoms with Gasteiger partial charge in [-0.25, -0.2) is 0 Å². The predicted octanol–water partition coefficient (Wildman–Crippen LogP) is 1.00. The summed E-state index contributed by atoms with van der Waals surface area (Å²) in [6.07, 6.45) is 1.30. The van der Waals surface area contributed by atoms with Gasteiger partial charge in [0.2, 0.25) is 5.91 Å². The van der Waals surface area contributed by atoms with Crippen LogP contribution < -0.4 is 10.0 Å². The first-order valence-corrected chi connectivity index (χ1v) is 10.4. The van der Waals surface area contributed by atoms with Gasteiger partial charge in [0.1, 0.15) is 6.04 Å². The molecule has 0 aliphatic carbocycles. The van der Waals surface area contributed by atoms with Gasteiger partial charge >= 0.3 is 0 Å². The number of aryl methyl sites for hydroxylation is 1. The maximum Gasteiger partial charge on any atom is 0.280 e. The number of aromatic nitrogens is 2. The summed E-state index contributed by atoms with van der Waals surface area (Å²) in [5.41, 5.74) is 2.85. The summed E-state index contributed by atoms with van der Waals surface area (Å²) in [5.74, 6) is -0.413. The zero-order chi connectivity index (χ0) is 20.6. The van der Waals surface area contributed by atoms with Crippen LogP contribution in [0.3, 0.4) is 0 Å². The van der Waals surface area contributed by atoms with Gasteiger partial charge in [-0.3, -0.25) is 9.48 Å². The Hall–Kier alpha value is -2.27. The maximum absolute atomic E-state index is 12.8. The van der Waals surface area contributed by atoms with Gasteiger partial charge in [0.05, 0.1) is 18.3 Å². The summed E-state index contributed by atoms with van der Waals surface area (Å²) in [4.78, 5) is 12.8. The molecule has 1 amide bonds. The van der Waals surface area contributed by atoms with Gasteiger partial charge in [0, 0.05) is 31.0 Å². The molecule has 1 fully saturated rings. The lowest BCUT2D eigenvalue weighted by atomic mass is 10.00. The minimum absolute atomic E-state index is 0.278. The van der Waals surface area contributed by atoms with Gasteiger partial charge < -0.3 is 10.4 Å². The molecule has 28 heavy (non-hydrogen) atoms. The number of aliphatic hydroxyl groups is 1. The van der Waals surface area contributed by atoms with Crippen LogP contribution in [0, 0.1) is 6.92 Å². The van der Waals surface area contributed by atoms with Gasteiger partial charge in [0.25, 0.3) is 10.2 Å². The molecule has 3 atom stereocenters. The summed E-state index contributed by atoms with van der Waals surface area (Å²) in [6, 6.07) is 5.38. The van der Waals surface area contributed by atoms with Crippen molar-refractivity contribution in [3.05, 3.63) is 47.3 Å². The number of hydrogen-bond donors (Lipinski definition) is 3. The quantitative estimate of drug-likeness (QED) is 0.699. The fourth-order valence-corrected chi connectivity index (χ4v) is 4.51. The Morgan fingerprint density at radius 1 is 1.32 bits per heavy atom. The molecule has 152 valence electrons. The maximum atomic E-state index is 12.8. The molecular weight excluding hydrogens is 382 g/mol. The lowest BCUT2D eigenvalue weighted by Gasteiger charge is -2.36. The Morgan fingerprint density at radius 3 is 2.50 bits per heavy atom. The van der Waals surface area contributed by atoms with Crippen LogP contribution in [-0.4, -0.2) is 46.6 Å². The smallest absolute Gasteiger partial charge is 0.280 e. The Labute approximate surface area is 164 Å². The van der Waals surface area contributed by atoms with Crippen LogP contribution in [0.5, 0.6) is 0 Å². The van der Waals surface area contributed by atoms with E-state index in [9.17, 15) is 18.3 Å². The lowest BCUT2D eigenvalue weighted by molar-refractivity contribution is -0.120. The second-order valence-electron chi connectivity index (χ2n) is 7.04. The molecule has 3 rings (SSSR count). The van der Waals surface area contributed by atoms with Crippen molar-refractivity contribution in [3.63, 3.8) is 0 Å². The van der Waals surface area contributed by atoms with Crippen molar-refractivity contribution in [3.8, 4) is 0 Å². The van der Waals surface area contributed by atoms with E-state index in [0.29, 0.717) is 5.69 Å². The van der Waals surface area contributed by atoms with Crippen LogP contribution in [-0.2, 0) is 22.1 Å². The molecule has 9 nitrogen and oxygen atoms in total. The first kappa shape index (κ1) is 20.5. The van der Waals surface area contributed by atoms with E-state index in [-0.39, 0.29) is 6.42 Å². The zero-order valence-corrected chi connectivity index (χ0v) is 17.1. The fourth-order valence-electron chi connectivity index (χ4n) is 3.24. The van der Waals surface area contributed by atoms with E-state index < -0.39 is 34.3 Å². The molecule has 2 heterocycles. The van der Waals surface area contributed by atoms with Gasteiger partial charge in [0.15, 0.2) is 0 Å². The third-order valence-corrected chi connectivity index (χ3v) is 6.78. The van der Waals surface area contributed by atoms with Crippen molar-refractivity contribution >= 4 is 21.8 Å². The van der Waals surface area contributed by atoms with Crippen molar-refractivity contribution in [2.24, 2.45) is 7.05 Å². The van der Waals surface area contributed by atoms with E-state index in [1.807, 2.05) is 6.92 Å². The van der Waals surface area contributed by atoms with Crippen LogP contribution in [0.1, 0.15) is 42.3 Å². The Kier molecular flexibility index (Phi) is 5.57. The zero-order valence-electron chi connectivity index (χ0n) is 16.2. The summed E-state index contributed by atoms with van der Waals surface area (Å²) >= 11 is 0. The molecule has 1 aliphatic heterocycles. The number of rotatable bonds is 4. The fraction of sp³-hybridized carbons (Fsp3) is 0.444. The number of aliphatic hydroxyl groups excluding tert-OH is 1. The summed E-state index contributed by atoms with van der Waals surface area (Å²) in [6.45, 7) is 3.51. The standard InChI is InChI=1S/C18H25N5O4S/c1-11-15(10-19-22(11)3)16-9-17(23(4)28(26,27)21-16)18(25)20-14-7-5-13(6-8-14)12(2)24/h5-8,10,12,16-17,21,24H,9H2,1-4H3,(H,20,25)/t12-,16+,17-/m1/s1. The van der Waals surface area contributed by atoms with Crippen molar-refractivity contribution in [2.45, 2.75) is 38.5 Å². The van der Waals surface area contributed by atoms with Gasteiger partial charge in [-0.15, -0.1) is 0 Å². The molecule has 0 unspecified atom stereocenters. The monoisotopic (exact) mass is 407 g/mol. The number of nitrogens with zero attached hydrogens (tertiary/aromatic N) is 3. The molecule has 0 spiro atoms. The minimum atomic E-state index is -3.82. The second-order valence-corrected chi connectivity index (χ2v) is 8.80. The van der Waals surface area contributed by atoms with E-state index in [1.165, 1.54) is 7.05 Å². The molecule has 0 radical (unpaired) electrons. The highest BCUT2D eigenvalue weighted by Gasteiger charge is 2.41. The summed E-state index contributed by atoms with van der Waals surface area (Å²) < 4.78 is 30.4. The van der Waals surface area contributed by atoms with Crippen LogP contribution in [0.15, 0.2) is 30.5 Å². The van der Waals surface area contributed by atoms with E-state index in [4.69, 9.17) is 0 Å². The third kappa shape index (κ3) is 3.95. The average Bonchev–Trinajstić information content (AvgIpc) is 2.96. The van der Waals surface area contributed by atoms with Crippen LogP contribution in [0.4, 0.5) is 5.69 Å². The molecule has 10 heteroatoms. The number of amides is 1. The highest BCUT2D eigenvalue weighted by Crippen LogP contribution is 2.30. The molecule has 0 saturated carbocycles. The van der Waals surface area contributed by atoms with E-state index >= 15 is 0 Å². The van der Waals surface area contributed by atoms with Gasteiger partial charge in [-0.05, 0) is 38.0 Å². The average molecular weight is 407 g/mol. The molecule has 3 N–H and O–H groups in total. The Balaban J connectivity index is 1.82. The first-order valence-electron chi connectivity index (χ1n) is 8.93. The molecule has 1 saturated heterocycles. The predicted molar refractivity (Wildman–Crippen MR) is 105 cm³/mol. The van der Waals surface area contributed by atoms with Gasteiger partial charge in [-0.1, -0.05) is 12.1 Å². The van der Waals surface area contributed by atoms with Crippen molar-refractivity contribution < 1.29 is 18.3 Å². The molecule has 1 aliphatic rings. The number of carbonyl (C=O) groups excluding carboxylic acids is 1. The number of likely N-dealkylation sites (N-methyl/N-ethyl adjacent to an activating group) is 1. The molecule has 1 aromatic heterocycles. The van der Waals surface area contributed by atoms with E-state index in [2.05, 4.69) is 15.1 Å². The molecular formula is C18H25N5O4S. The highest BCUT2D eigenvalue weighted by molar-refractivity contribution is 7.87. The number of anilines is 1. The normalized spacial score (nSPS) is 23.3. The summed E-state index contributed by atoms with van der Waals surface area (Å²) in [7, 11) is -0.653. The SMILES string of the molecule is Cc1c([C@@H]2C[C@H](C(=O)Nc3ccc([C@@H](C)O)cc3)N(C)S(=O)(=O)N2)cnn1C. The minimum Gasteiger partial charge on any atom is -0.389 e. The second kappa shape index (κ2) is 7.63. The number of carbonyl (C=O) groups is 1. The number of hydrogen-bond acceptors (Lipinski definition) is 5. The topological polar surface area (TPSA) is 117 Å². The number of benzene rings is 1. The summed E-state index contributed by atoms with van der Waals surface area (Å²) in [5, 5.41) is 16.5. The third-order valence-electron chi connectivity index (χ3n) is 5.18. The van der Waals surface area contributed by atoms with E-state index in [1.54, 1.807) is 49.1 Å². The van der Waals surface area contributed by atoms with Crippen LogP contribution in [0.25, 0.3) is 0 Å². The van der Waals surface area contributed by atoms with Crippen LogP contribution >= 0.6 is 0 Å². The molecule has 1 aromatic carbocycles. The van der Waals surface area contributed by atoms with Gasteiger partial charge in [-0.2, -0.15) is 22.5 Å².